The van der Waals surface area contributed by atoms with Crippen LogP contribution in [0.2, 0.25) is 0 Å². The predicted molar refractivity (Wildman–Crippen MR) is 128 cm³/mol. The van der Waals surface area contributed by atoms with Gasteiger partial charge in [0, 0.05) is 31.1 Å². The van der Waals surface area contributed by atoms with Crippen molar-refractivity contribution in [2.75, 3.05) is 13.1 Å². The molecule has 2 atom stereocenters. The topological polar surface area (TPSA) is 65.5 Å². The molecule has 0 bridgehead atoms. The van der Waals surface area contributed by atoms with Crippen LogP contribution < -0.4 is 16.0 Å². The summed E-state index contributed by atoms with van der Waals surface area (Å²) in [4.78, 5) is 17.0. The van der Waals surface area contributed by atoms with Crippen LogP contribution in [0.25, 0.3) is 0 Å². The number of amides is 1. The predicted octanol–water partition coefficient (Wildman–Crippen LogP) is 4.01. The molecule has 1 aromatic carbocycles. The van der Waals surface area contributed by atoms with Crippen LogP contribution in [0.3, 0.4) is 0 Å². The zero-order chi connectivity index (χ0) is 20.4. The molecule has 1 aliphatic rings. The fraction of sp³-hybridized carbons (Fsp3) is 0.636. The van der Waals surface area contributed by atoms with Crippen molar-refractivity contribution in [3.8, 4) is 0 Å². The van der Waals surface area contributed by atoms with Gasteiger partial charge in [-0.2, -0.15) is 0 Å². The molecular weight excluding hydrogens is 482 g/mol. The molecule has 5 nitrogen and oxygen atoms in total. The molecule has 3 N–H and O–H groups in total. The average molecular weight is 518 g/mol. The van der Waals surface area contributed by atoms with Crippen LogP contribution in [0, 0.1) is 11.7 Å². The maximum atomic E-state index is 13.2. The zero-order valence-corrected chi connectivity index (χ0v) is 20.2. The Morgan fingerprint density at radius 2 is 2.10 bits per heavy atom. The molecule has 7 heteroatoms. The number of aryl methyl sites for hydroxylation is 1. The molecule has 1 aromatic rings. The van der Waals surface area contributed by atoms with Gasteiger partial charge in [-0.25, -0.2) is 4.39 Å². The molecule has 164 valence electrons. The van der Waals surface area contributed by atoms with Gasteiger partial charge in [-0.15, -0.1) is 24.0 Å². The lowest BCUT2D eigenvalue weighted by molar-refractivity contribution is -0.126. The van der Waals surface area contributed by atoms with E-state index in [1.54, 1.807) is 12.1 Å². The van der Waals surface area contributed by atoms with Gasteiger partial charge in [0.05, 0.1) is 0 Å². The van der Waals surface area contributed by atoms with E-state index >= 15 is 0 Å². The van der Waals surface area contributed by atoms with Gasteiger partial charge in [0.1, 0.15) is 5.82 Å². The van der Waals surface area contributed by atoms with Gasteiger partial charge >= 0.3 is 0 Å². The highest BCUT2D eigenvalue weighted by Gasteiger charge is 2.27. The molecule has 0 aliphatic heterocycles. The first-order chi connectivity index (χ1) is 13.5. The maximum absolute atomic E-state index is 13.2. The van der Waals surface area contributed by atoms with E-state index in [2.05, 4.69) is 20.9 Å². The molecule has 2 unspecified atom stereocenters. The van der Waals surface area contributed by atoms with Crippen molar-refractivity contribution < 1.29 is 9.18 Å². The molecule has 1 saturated carbocycles. The van der Waals surface area contributed by atoms with Gasteiger partial charge in [-0.3, -0.25) is 9.79 Å². The van der Waals surface area contributed by atoms with E-state index in [4.69, 9.17) is 0 Å². The molecule has 29 heavy (non-hydrogen) atoms. The normalized spacial score (nSPS) is 19.4. The third-order valence-electron chi connectivity index (χ3n) is 4.94. The highest BCUT2D eigenvalue weighted by Crippen LogP contribution is 2.24. The monoisotopic (exact) mass is 518 g/mol. The number of guanidine groups is 1. The van der Waals surface area contributed by atoms with Gasteiger partial charge in [0.25, 0.3) is 0 Å². The molecule has 1 fully saturated rings. The van der Waals surface area contributed by atoms with Crippen LogP contribution in [0.1, 0.15) is 58.4 Å². The van der Waals surface area contributed by atoms with E-state index in [0.29, 0.717) is 6.54 Å². The van der Waals surface area contributed by atoms with E-state index in [1.165, 1.54) is 6.07 Å². The van der Waals surface area contributed by atoms with Crippen LogP contribution in [0.15, 0.2) is 29.3 Å². The molecule has 1 aliphatic carbocycles. The fourth-order valence-electron chi connectivity index (χ4n) is 3.64. The van der Waals surface area contributed by atoms with Crippen LogP contribution in [0.5, 0.6) is 0 Å². The van der Waals surface area contributed by atoms with Crippen LogP contribution in [-0.4, -0.2) is 37.0 Å². The lowest BCUT2D eigenvalue weighted by Crippen LogP contribution is -2.47. The van der Waals surface area contributed by atoms with Crippen LogP contribution in [-0.2, 0) is 11.2 Å². The van der Waals surface area contributed by atoms with Gasteiger partial charge in [0.15, 0.2) is 5.96 Å². The van der Waals surface area contributed by atoms with Gasteiger partial charge < -0.3 is 16.0 Å². The third kappa shape index (κ3) is 9.78. The maximum Gasteiger partial charge on any atom is 0.223 e. The van der Waals surface area contributed by atoms with Crippen molar-refractivity contribution in [3.05, 3.63) is 35.6 Å². The minimum atomic E-state index is -0.190. The summed E-state index contributed by atoms with van der Waals surface area (Å²) in [5.74, 6) is 0.851. The van der Waals surface area contributed by atoms with Crippen molar-refractivity contribution in [3.63, 3.8) is 0 Å². The Morgan fingerprint density at radius 1 is 1.31 bits per heavy atom. The summed E-state index contributed by atoms with van der Waals surface area (Å²) < 4.78 is 13.2. The Morgan fingerprint density at radius 3 is 2.79 bits per heavy atom. The molecule has 0 spiro atoms. The summed E-state index contributed by atoms with van der Waals surface area (Å²) in [6.45, 7) is 7.51. The number of aliphatic imine (C=N–C) groups is 1. The SMILES string of the molecule is CCNC(=NCCCc1cccc(F)c1)NC1CCCC(C(=O)NC(C)C)C1.I. The van der Waals surface area contributed by atoms with Gasteiger partial charge in [-0.05, 0) is 70.6 Å². The molecule has 2 rings (SSSR count). The Kier molecular flexibility index (Phi) is 12.2. The Hall–Kier alpha value is -1.38. The van der Waals surface area contributed by atoms with Crippen molar-refractivity contribution in [2.45, 2.75) is 71.4 Å². The number of benzene rings is 1. The number of carbonyl (C=O) groups is 1. The minimum Gasteiger partial charge on any atom is -0.357 e. The van der Waals surface area contributed by atoms with E-state index in [0.717, 1.165) is 56.6 Å². The highest BCUT2D eigenvalue weighted by molar-refractivity contribution is 14.0. The number of hydrogen-bond donors (Lipinski definition) is 3. The number of rotatable bonds is 8. The Bertz CT molecular complexity index is 653. The molecule has 1 amide bonds. The van der Waals surface area contributed by atoms with Crippen LogP contribution in [0.4, 0.5) is 4.39 Å². The summed E-state index contributed by atoms with van der Waals surface area (Å²) in [7, 11) is 0. The first-order valence-corrected chi connectivity index (χ1v) is 10.6. The second kappa shape index (κ2) is 13.8. The largest absolute Gasteiger partial charge is 0.357 e. The number of nitrogens with zero attached hydrogens (tertiary/aromatic N) is 1. The molecule has 0 radical (unpaired) electrons. The number of hydrogen-bond acceptors (Lipinski definition) is 2. The average Bonchev–Trinajstić information content (AvgIpc) is 2.65. The van der Waals surface area contributed by atoms with Crippen molar-refractivity contribution in [1.29, 1.82) is 0 Å². The van der Waals surface area contributed by atoms with E-state index in [9.17, 15) is 9.18 Å². The van der Waals surface area contributed by atoms with E-state index in [1.807, 2.05) is 26.8 Å². The lowest BCUT2D eigenvalue weighted by atomic mass is 9.85. The molecular formula is C22H36FIN4O. The lowest BCUT2D eigenvalue weighted by Gasteiger charge is -2.30. The standard InChI is InChI=1S/C22H35FN4O.HI/c1-4-24-22(25-13-7-9-17-8-5-11-19(23)14-17)27-20-12-6-10-18(15-20)21(28)26-16(2)3;/h5,8,11,14,16,18,20H,4,6-7,9-10,12-13,15H2,1-3H3,(H,26,28)(H2,24,25,27);1H. The summed E-state index contributed by atoms with van der Waals surface area (Å²) in [6, 6.07) is 7.18. The first-order valence-electron chi connectivity index (χ1n) is 10.6. The zero-order valence-electron chi connectivity index (χ0n) is 17.8. The van der Waals surface area contributed by atoms with Crippen molar-refractivity contribution >= 4 is 35.8 Å². The third-order valence-corrected chi connectivity index (χ3v) is 4.94. The summed E-state index contributed by atoms with van der Waals surface area (Å²) >= 11 is 0. The van der Waals surface area contributed by atoms with Crippen LogP contribution >= 0.6 is 24.0 Å². The molecule has 0 aromatic heterocycles. The van der Waals surface area contributed by atoms with Gasteiger partial charge in [0.2, 0.25) is 5.91 Å². The molecule has 0 heterocycles. The van der Waals surface area contributed by atoms with Crippen molar-refractivity contribution in [1.82, 2.24) is 16.0 Å². The Balaban J connectivity index is 0.00000420. The number of nitrogens with one attached hydrogen (secondary N) is 3. The second-order valence-corrected chi connectivity index (χ2v) is 7.86. The Labute approximate surface area is 191 Å². The van der Waals surface area contributed by atoms with Gasteiger partial charge in [-0.1, -0.05) is 18.6 Å². The number of carbonyl (C=O) groups excluding carboxylic acids is 1. The van der Waals surface area contributed by atoms with E-state index in [-0.39, 0.29) is 53.7 Å². The van der Waals surface area contributed by atoms with Crippen molar-refractivity contribution in [2.24, 2.45) is 10.9 Å². The summed E-state index contributed by atoms with van der Waals surface area (Å²) in [5.41, 5.74) is 0.999. The summed E-state index contributed by atoms with van der Waals surface area (Å²) in [6.07, 6.45) is 5.57. The molecule has 0 saturated heterocycles. The highest BCUT2D eigenvalue weighted by atomic mass is 127. The minimum absolute atomic E-state index is 0. The quantitative estimate of drug-likeness (QED) is 0.211. The fourth-order valence-corrected chi connectivity index (χ4v) is 3.64. The smallest absolute Gasteiger partial charge is 0.223 e. The van der Waals surface area contributed by atoms with E-state index < -0.39 is 0 Å². The summed E-state index contributed by atoms with van der Waals surface area (Å²) in [5, 5.41) is 9.83. The first kappa shape index (κ1) is 25.7. The second-order valence-electron chi connectivity index (χ2n) is 7.86. The number of halogens is 2.